The molecule has 1 fully saturated rings. The Kier molecular flexibility index (Phi) is 5.79. The van der Waals surface area contributed by atoms with Crippen molar-refractivity contribution in [3.8, 4) is 11.3 Å². The molecule has 3 aromatic rings. The number of nitrogens with zero attached hydrogens (tertiary/aromatic N) is 2. The molecule has 1 amide bonds. The Morgan fingerprint density at radius 2 is 1.97 bits per heavy atom. The summed E-state index contributed by atoms with van der Waals surface area (Å²) in [5, 5.41) is 3.98. The Balaban J connectivity index is 1.63. The van der Waals surface area contributed by atoms with Gasteiger partial charge in [0.05, 0.1) is 11.5 Å². The van der Waals surface area contributed by atoms with Crippen LogP contribution in [0.25, 0.3) is 11.3 Å². The maximum atomic E-state index is 13.3. The molecule has 1 aliphatic rings. The lowest BCUT2D eigenvalue weighted by Crippen LogP contribution is -2.40. The minimum atomic E-state index is -3.15. The van der Waals surface area contributed by atoms with Crippen LogP contribution in [0.2, 0.25) is 0 Å². The summed E-state index contributed by atoms with van der Waals surface area (Å²) in [4.78, 5) is 14.9. The fraction of sp³-hybridized carbons (Fsp3) is 0.273. The predicted molar refractivity (Wildman–Crippen MR) is 118 cm³/mol. The lowest BCUT2D eigenvalue weighted by atomic mass is 10.1. The molecule has 6 nitrogen and oxygen atoms in total. The summed E-state index contributed by atoms with van der Waals surface area (Å²) in [5.74, 6) is 0.224. The van der Waals surface area contributed by atoms with E-state index in [1.54, 1.807) is 11.0 Å². The zero-order valence-electron chi connectivity index (χ0n) is 16.4. The van der Waals surface area contributed by atoms with Gasteiger partial charge >= 0.3 is 0 Å². The number of hydrogen-bond acceptors (Lipinski definition) is 5. The van der Waals surface area contributed by atoms with Crippen LogP contribution >= 0.6 is 15.9 Å². The van der Waals surface area contributed by atoms with Crippen LogP contribution in [-0.4, -0.2) is 41.9 Å². The molecule has 0 unspecified atom stereocenters. The van der Waals surface area contributed by atoms with Crippen LogP contribution < -0.4 is 0 Å². The van der Waals surface area contributed by atoms with Crippen molar-refractivity contribution in [3.05, 3.63) is 75.9 Å². The number of sulfone groups is 1. The van der Waals surface area contributed by atoms with Crippen molar-refractivity contribution in [1.29, 1.82) is 0 Å². The van der Waals surface area contributed by atoms with Crippen molar-refractivity contribution in [2.45, 2.75) is 25.9 Å². The molecular weight excluding hydrogens is 468 g/mol. The van der Waals surface area contributed by atoms with Gasteiger partial charge in [-0.3, -0.25) is 4.79 Å². The van der Waals surface area contributed by atoms with Crippen molar-refractivity contribution in [1.82, 2.24) is 10.1 Å². The first kappa shape index (κ1) is 20.8. The average Bonchev–Trinajstić information content (AvgIpc) is 3.33. The Morgan fingerprint density at radius 3 is 2.63 bits per heavy atom. The van der Waals surface area contributed by atoms with Gasteiger partial charge in [0.1, 0.15) is 0 Å². The topological polar surface area (TPSA) is 80.5 Å². The van der Waals surface area contributed by atoms with Crippen LogP contribution in [0.1, 0.15) is 28.0 Å². The number of halogens is 1. The monoisotopic (exact) mass is 488 g/mol. The molecule has 30 heavy (non-hydrogen) atoms. The largest absolute Gasteiger partial charge is 0.355 e. The molecule has 0 aliphatic carbocycles. The summed E-state index contributed by atoms with van der Waals surface area (Å²) < 4.78 is 30.4. The molecule has 0 bridgehead atoms. The van der Waals surface area contributed by atoms with Gasteiger partial charge in [0.25, 0.3) is 5.91 Å². The summed E-state index contributed by atoms with van der Waals surface area (Å²) in [6.07, 6.45) is 0.421. The number of aryl methyl sites for hydroxylation is 1. The second-order valence-electron chi connectivity index (χ2n) is 7.56. The second-order valence-corrected chi connectivity index (χ2v) is 10.7. The van der Waals surface area contributed by atoms with Gasteiger partial charge in [0.15, 0.2) is 21.3 Å². The molecule has 0 spiro atoms. The average molecular weight is 489 g/mol. The van der Waals surface area contributed by atoms with Crippen LogP contribution in [0, 0.1) is 6.92 Å². The van der Waals surface area contributed by atoms with Gasteiger partial charge in [0, 0.05) is 28.7 Å². The third-order valence-electron chi connectivity index (χ3n) is 5.22. The standard InChI is InChI=1S/C22H21BrN2O4S/c1-15-5-7-17(8-6-15)21-12-20(24-29-21)22(26)25(19-9-10-30(27,28)14-19)13-16-3-2-4-18(23)11-16/h2-8,11-12,19H,9-10,13-14H2,1H3/t19-/m1/s1. The highest BCUT2D eigenvalue weighted by molar-refractivity contribution is 9.10. The van der Waals surface area contributed by atoms with Crippen molar-refractivity contribution in [3.63, 3.8) is 0 Å². The van der Waals surface area contributed by atoms with Gasteiger partial charge in [-0.15, -0.1) is 0 Å². The summed E-state index contributed by atoms with van der Waals surface area (Å²) in [6.45, 7) is 2.29. The van der Waals surface area contributed by atoms with E-state index in [0.29, 0.717) is 18.7 Å². The molecule has 1 aromatic heterocycles. The highest BCUT2D eigenvalue weighted by atomic mass is 79.9. The van der Waals surface area contributed by atoms with E-state index < -0.39 is 9.84 Å². The molecule has 8 heteroatoms. The number of rotatable bonds is 5. The van der Waals surface area contributed by atoms with Crippen molar-refractivity contribution in [2.75, 3.05) is 11.5 Å². The van der Waals surface area contributed by atoms with Gasteiger partial charge in [0.2, 0.25) is 0 Å². The lowest BCUT2D eigenvalue weighted by molar-refractivity contribution is 0.0670. The summed E-state index contributed by atoms with van der Waals surface area (Å²) in [7, 11) is -3.15. The van der Waals surface area contributed by atoms with Crippen LogP contribution in [0.3, 0.4) is 0 Å². The summed E-state index contributed by atoms with van der Waals surface area (Å²) >= 11 is 3.44. The van der Waals surface area contributed by atoms with E-state index in [0.717, 1.165) is 21.2 Å². The van der Waals surface area contributed by atoms with Gasteiger partial charge in [-0.1, -0.05) is 63.0 Å². The van der Waals surface area contributed by atoms with Crippen molar-refractivity contribution < 1.29 is 17.7 Å². The molecular formula is C22H21BrN2O4S. The van der Waals surface area contributed by atoms with Gasteiger partial charge < -0.3 is 9.42 Å². The Labute approximate surface area is 183 Å². The van der Waals surface area contributed by atoms with Gasteiger partial charge in [-0.2, -0.15) is 0 Å². The first-order valence-electron chi connectivity index (χ1n) is 9.60. The molecule has 156 valence electrons. The molecule has 4 rings (SSSR count). The SMILES string of the molecule is Cc1ccc(-c2cc(C(=O)N(Cc3cccc(Br)c3)[C@@H]3CCS(=O)(=O)C3)no2)cc1. The van der Waals surface area contributed by atoms with Crippen LogP contribution in [0.4, 0.5) is 0 Å². The predicted octanol–water partition coefficient (Wildman–Crippen LogP) is 4.24. The van der Waals surface area contributed by atoms with E-state index in [-0.39, 0.29) is 29.1 Å². The Hall–Kier alpha value is -2.45. The molecule has 0 radical (unpaired) electrons. The van der Waals surface area contributed by atoms with Crippen LogP contribution in [0.5, 0.6) is 0 Å². The van der Waals surface area contributed by atoms with Gasteiger partial charge in [-0.25, -0.2) is 8.42 Å². The second kappa shape index (κ2) is 8.35. The molecule has 2 aromatic carbocycles. The number of carbonyl (C=O) groups excluding carboxylic acids is 1. The third kappa shape index (κ3) is 4.65. The van der Waals surface area contributed by atoms with E-state index in [1.165, 1.54) is 0 Å². The molecule has 1 saturated heterocycles. The number of carbonyl (C=O) groups is 1. The maximum Gasteiger partial charge on any atom is 0.276 e. The number of benzene rings is 2. The fourth-order valence-electron chi connectivity index (χ4n) is 3.60. The molecule has 1 atom stereocenters. The summed E-state index contributed by atoms with van der Waals surface area (Å²) in [6, 6.07) is 16.6. The zero-order valence-corrected chi connectivity index (χ0v) is 18.8. The molecule has 0 N–H and O–H groups in total. The van der Waals surface area contributed by atoms with E-state index >= 15 is 0 Å². The fourth-order valence-corrected chi connectivity index (χ4v) is 5.77. The first-order chi connectivity index (χ1) is 14.3. The maximum absolute atomic E-state index is 13.3. The quantitative estimate of drug-likeness (QED) is 0.536. The van der Waals surface area contributed by atoms with E-state index in [9.17, 15) is 13.2 Å². The third-order valence-corrected chi connectivity index (χ3v) is 7.46. The van der Waals surface area contributed by atoms with E-state index in [4.69, 9.17) is 4.52 Å². The highest BCUT2D eigenvalue weighted by Crippen LogP contribution is 2.26. The van der Waals surface area contributed by atoms with E-state index in [1.807, 2.05) is 55.5 Å². The minimum Gasteiger partial charge on any atom is -0.355 e. The van der Waals surface area contributed by atoms with Crippen LogP contribution in [-0.2, 0) is 16.4 Å². The molecule has 0 saturated carbocycles. The zero-order chi connectivity index (χ0) is 21.3. The minimum absolute atomic E-state index is 0.0323. The molecule has 1 aliphatic heterocycles. The number of hydrogen-bond donors (Lipinski definition) is 0. The van der Waals surface area contributed by atoms with Gasteiger partial charge in [-0.05, 0) is 31.0 Å². The Bertz CT molecular complexity index is 1170. The Morgan fingerprint density at radius 1 is 1.20 bits per heavy atom. The van der Waals surface area contributed by atoms with Crippen molar-refractivity contribution in [2.24, 2.45) is 0 Å². The first-order valence-corrected chi connectivity index (χ1v) is 12.2. The lowest BCUT2D eigenvalue weighted by Gasteiger charge is -2.27. The normalized spacial score (nSPS) is 17.7. The van der Waals surface area contributed by atoms with Crippen molar-refractivity contribution >= 4 is 31.7 Å². The molecule has 2 heterocycles. The summed E-state index contributed by atoms with van der Waals surface area (Å²) in [5.41, 5.74) is 3.03. The smallest absolute Gasteiger partial charge is 0.276 e. The number of aromatic nitrogens is 1. The highest BCUT2D eigenvalue weighted by Gasteiger charge is 2.36. The van der Waals surface area contributed by atoms with Crippen LogP contribution in [0.15, 0.2) is 63.6 Å². The number of amides is 1. The van der Waals surface area contributed by atoms with E-state index in [2.05, 4.69) is 21.1 Å².